The number of benzene rings is 4. The van der Waals surface area contributed by atoms with Crippen LogP contribution in [0, 0.1) is 0 Å². The molecule has 3 heteroatoms. The fourth-order valence-electron chi connectivity index (χ4n) is 4.31. The fourth-order valence-corrected chi connectivity index (χ4v) is 4.31. The third-order valence-corrected chi connectivity index (χ3v) is 5.74. The van der Waals surface area contributed by atoms with E-state index in [0.29, 0.717) is 13.2 Å². The molecule has 0 aromatic heterocycles. The van der Waals surface area contributed by atoms with Gasteiger partial charge in [-0.1, -0.05) is 72.8 Å². The van der Waals surface area contributed by atoms with Gasteiger partial charge in [0, 0.05) is 11.1 Å². The largest absolute Gasteiger partial charge is 0.491 e. The molecule has 0 aliphatic heterocycles. The fraction of sp³-hybridized carbons (Fsp3) is 0.148. The monoisotopic (exact) mass is 393 g/mol. The molecule has 30 heavy (non-hydrogen) atoms. The van der Waals surface area contributed by atoms with Crippen LogP contribution < -0.4 is 10.1 Å². The Morgan fingerprint density at radius 2 is 1.57 bits per heavy atom. The Morgan fingerprint density at radius 3 is 2.43 bits per heavy atom. The lowest BCUT2D eigenvalue weighted by Gasteiger charge is -2.13. The molecule has 0 saturated carbocycles. The zero-order valence-corrected chi connectivity index (χ0v) is 16.7. The summed E-state index contributed by atoms with van der Waals surface area (Å²) in [6.07, 6.45) is 2.12. The van der Waals surface area contributed by atoms with Gasteiger partial charge in [0.1, 0.15) is 12.4 Å². The lowest BCUT2D eigenvalue weighted by atomic mass is 9.99. The molecule has 1 aliphatic carbocycles. The molecule has 4 aromatic carbocycles. The summed E-state index contributed by atoms with van der Waals surface area (Å²) in [6.45, 7) is 0.863. The number of amides is 1. The smallest absolute Gasteiger partial charge is 0.252 e. The first-order valence-electron chi connectivity index (χ1n) is 10.4. The van der Waals surface area contributed by atoms with Gasteiger partial charge in [0.05, 0.1) is 6.54 Å². The van der Waals surface area contributed by atoms with Gasteiger partial charge in [-0.3, -0.25) is 4.79 Å². The predicted octanol–water partition coefficient (Wildman–Crippen LogP) is 5.41. The Kier molecular flexibility index (Phi) is 4.94. The van der Waals surface area contributed by atoms with Gasteiger partial charge in [0.15, 0.2) is 0 Å². The van der Waals surface area contributed by atoms with Gasteiger partial charge in [0.25, 0.3) is 5.91 Å². The Hall–Kier alpha value is -3.59. The Bertz CT molecular complexity index is 1200. The summed E-state index contributed by atoms with van der Waals surface area (Å²) in [5.41, 5.74) is 5.60. The minimum absolute atomic E-state index is 0.0504. The van der Waals surface area contributed by atoms with E-state index in [9.17, 15) is 4.79 Å². The van der Waals surface area contributed by atoms with Crippen molar-refractivity contribution in [3.8, 4) is 16.9 Å². The highest BCUT2D eigenvalue weighted by atomic mass is 16.5. The molecule has 0 unspecified atom stereocenters. The van der Waals surface area contributed by atoms with Crippen molar-refractivity contribution < 1.29 is 9.53 Å². The molecule has 1 amide bonds. The first-order chi connectivity index (χ1) is 14.8. The number of nitrogens with one attached hydrogen (secondary N) is 1. The molecule has 0 radical (unpaired) electrons. The maximum absolute atomic E-state index is 12.8. The Balaban J connectivity index is 1.26. The summed E-state index contributed by atoms with van der Waals surface area (Å²) in [5, 5.41) is 5.33. The number of para-hydroxylation sites is 1. The highest BCUT2D eigenvalue weighted by Gasteiger charge is 2.18. The summed E-state index contributed by atoms with van der Waals surface area (Å²) in [6, 6.07) is 28.5. The lowest BCUT2D eigenvalue weighted by Crippen LogP contribution is -2.28. The second kappa shape index (κ2) is 8.03. The van der Waals surface area contributed by atoms with Crippen molar-refractivity contribution >= 4 is 16.7 Å². The summed E-state index contributed by atoms with van der Waals surface area (Å²) in [4.78, 5) is 12.8. The van der Waals surface area contributed by atoms with E-state index in [-0.39, 0.29) is 5.91 Å². The number of hydrogen-bond donors (Lipinski definition) is 1. The molecular weight excluding hydrogens is 370 g/mol. The quantitative estimate of drug-likeness (QED) is 0.445. The number of rotatable bonds is 6. The molecule has 5 rings (SSSR count). The van der Waals surface area contributed by atoms with Gasteiger partial charge in [0.2, 0.25) is 0 Å². The van der Waals surface area contributed by atoms with Gasteiger partial charge in [-0.25, -0.2) is 0 Å². The standard InChI is InChI=1S/C27H23NO2/c29-27(24-16-15-21-14-13-20-9-6-11-23(24)26(20)21)28-17-18-30-25-12-5-4-10-22(25)19-7-2-1-3-8-19/h1-12,15-16H,13-14,17-18H2,(H,28,29). The molecule has 1 aliphatic rings. The Labute approximate surface area is 176 Å². The average Bonchev–Trinajstić information content (AvgIpc) is 3.23. The first-order valence-corrected chi connectivity index (χ1v) is 10.4. The number of carbonyl (C=O) groups is 1. The molecule has 0 fully saturated rings. The van der Waals surface area contributed by atoms with Crippen LogP contribution in [0.15, 0.2) is 84.9 Å². The normalized spacial score (nSPS) is 12.1. The number of aryl methyl sites for hydroxylation is 2. The zero-order valence-electron chi connectivity index (χ0n) is 16.7. The summed E-state index contributed by atoms with van der Waals surface area (Å²) in [5.74, 6) is 0.772. The van der Waals surface area contributed by atoms with Crippen LogP contribution in [0.25, 0.3) is 21.9 Å². The second-order valence-corrected chi connectivity index (χ2v) is 7.58. The molecule has 148 valence electrons. The number of ether oxygens (including phenoxy) is 1. The Morgan fingerprint density at radius 1 is 0.800 bits per heavy atom. The highest BCUT2D eigenvalue weighted by molar-refractivity contribution is 6.09. The van der Waals surface area contributed by atoms with Crippen LogP contribution >= 0.6 is 0 Å². The maximum atomic E-state index is 12.8. The van der Waals surface area contributed by atoms with Crippen molar-refractivity contribution in [2.75, 3.05) is 13.2 Å². The van der Waals surface area contributed by atoms with E-state index in [0.717, 1.165) is 40.7 Å². The molecule has 0 saturated heterocycles. The van der Waals surface area contributed by atoms with Crippen LogP contribution in [0.2, 0.25) is 0 Å². The topological polar surface area (TPSA) is 38.3 Å². The number of carbonyl (C=O) groups excluding carboxylic acids is 1. The molecule has 3 nitrogen and oxygen atoms in total. The van der Waals surface area contributed by atoms with Crippen molar-refractivity contribution in [3.05, 3.63) is 102 Å². The summed E-state index contributed by atoms with van der Waals surface area (Å²) >= 11 is 0. The van der Waals surface area contributed by atoms with Crippen molar-refractivity contribution in [3.63, 3.8) is 0 Å². The van der Waals surface area contributed by atoms with Crippen LogP contribution in [0.5, 0.6) is 5.75 Å². The van der Waals surface area contributed by atoms with Gasteiger partial charge in [-0.15, -0.1) is 0 Å². The SMILES string of the molecule is O=C(NCCOc1ccccc1-c1ccccc1)c1ccc2c3c(cccc13)CC2. The first kappa shape index (κ1) is 18.4. The van der Waals surface area contributed by atoms with Crippen molar-refractivity contribution in [2.45, 2.75) is 12.8 Å². The predicted molar refractivity (Wildman–Crippen MR) is 121 cm³/mol. The third-order valence-electron chi connectivity index (χ3n) is 5.74. The van der Waals surface area contributed by atoms with E-state index in [1.807, 2.05) is 48.5 Å². The molecule has 0 spiro atoms. The van der Waals surface area contributed by atoms with Crippen molar-refractivity contribution in [1.29, 1.82) is 0 Å². The molecular formula is C27H23NO2. The molecule has 4 aromatic rings. The van der Waals surface area contributed by atoms with Crippen LogP contribution in [-0.2, 0) is 12.8 Å². The van der Waals surface area contributed by atoms with Crippen LogP contribution in [0.1, 0.15) is 21.5 Å². The molecule has 0 bridgehead atoms. The average molecular weight is 393 g/mol. The minimum atomic E-state index is -0.0504. The van der Waals surface area contributed by atoms with Gasteiger partial charge < -0.3 is 10.1 Å². The van der Waals surface area contributed by atoms with Crippen molar-refractivity contribution in [2.24, 2.45) is 0 Å². The van der Waals surface area contributed by atoms with E-state index >= 15 is 0 Å². The third kappa shape index (κ3) is 3.43. The molecule has 1 N–H and O–H groups in total. The van der Waals surface area contributed by atoms with E-state index in [1.54, 1.807) is 0 Å². The second-order valence-electron chi connectivity index (χ2n) is 7.58. The van der Waals surface area contributed by atoms with E-state index in [1.165, 1.54) is 16.5 Å². The lowest BCUT2D eigenvalue weighted by molar-refractivity contribution is 0.0948. The van der Waals surface area contributed by atoms with Gasteiger partial charge >= 0.3 is 0 Å². The maximum Gasteiger partial charge on any atom is 0.252 e. The number of hydrogen-bond acceptors (Lipinski definition) is 2. The molecule has 0 atom stereocenters. The summed E-state index contributed by atoms with van der Waals surface area (Å²) < 4.78 is 6.00. The minimum Gasteiger partial charge on any atom is -0.491 e. The zero-order chi connectivity index (χ0) is 20.3. The summed E-state index contributed by atoms with van der Waals surface area (Å²) in [7, 11) is 0. The van der Waals surface area contributed by atoms with Crippen LogP contribution in [0.4, 0.5) is 0 Å². The molecule has 0 heterocycles. The van der Waals surface area contributed by atoms with Gasteiger partial charge in [-0.2, -0.15) is 0 Å². The van der Waals surface area contributed by atoms with Crippen LogP contribution in [-0.4, -0.2) is 19.1 Å². The van der Waals surface area contributed by atoms with E-state index < -0.39 is 0 Å². The van der Waals surface area contributed by atoms with Crippen molar-refractivity contribution in [1.82, 2.24) is 5.32 Å². The van der Waals surface area contributed by atoms with Gasteiger partial charge in [-0.05, 0) is 52.4 Å². The highest BCUT2D eigenvalue weighted by Crippen LogP contribution is 2.33. The van der Waals surface area contributed by atoms with Crippen LogP contribution in [0.3, 0.4) is 0 Å². The van der Waals surface area contributed by atoms with E-state index in [2.05, 4.69) is 41.7 Å². The van der Waals surface area contributed by atoms with E-state index in [4.69, 9.17) is 4.74 Å².